The molecule has 0 bridgehead atoms. The van der Waals surface area contributed by atoms with Crippen LogP contribution in [0.3, 0.4) is 0 Å². The Morgan fingerprint density at radius 3 is 2.27 bits per heavy atom. The molecule has 0 aromatic carbocycles. The summed E-state index contributed by atoms with van der Waals surface area (Å²) in [6, 6.07) is 0. The summed E-state index contributed by atoms with van der Waals surface area (Å²) in [6.07, 6.45) is 3.38. The van der Waals surface area contributed by atoms with E-state index in [2.05, 4.69) is 37.7 Å². The zero-order chi connectivity index (χ0) is 11.0. The molecule has 80 valence electrons. The summed E-state index contributed by atoms with van der Waals surface area (Å²) in [7, 11) is 0. The van der Waals surface area contributed by atoms with Gasteiger partial charge in [0.2, 0.25) is 5.71 Å². The van der Waals surface area contributed by atoms with E-state index in [0.717, 1.165) is 11.3 Å². The molecule has 0 unspecified atom stereocenters. The molecule has 2 aromatic heterocycles. The predicted octanol–water partition coefficient (Wildman–Crippen LogP) is 3.47. The van der Waals surface area contributed by atoms with Gasteiger partial charge < -0.3 is 4.42 Å². The van der Waals surface area contributed by atoms with Crippen LogP contribution in [0.1, 0.15) is 50.9 Å². The minimum Gasteiger partial charge on any atom is -0.441 e. The van der Waals surface area contributed by atoms with Crippen LogP contribution in [0.2, 0.25) is 0 Å². The van der Waals surface area contributed by atoms with E-state index in [4.69, 9.17) is 4.42 Å². The minimum absolute atomic E-state index is 0.374. The third-order valence-electron chi connectivity index (χ3n) is 2.49. The molecule has 2 rings (SSSR count). The summed E-state index contributed by atoms with van der Waals surface area (Å²) in [6.45, 7) is 8.57. The molecule has 15 heavy (non-hydrogen) atoms. The number of fused-ring (bicyclic) bond motifs is 1. The normalized spacial score (nSPS) is 11.9. The molecular formula is C12H16N2O. The van der Waals surface area contributed by atoms with Crippen molar-refractivity contribution >= 4 is 11.2 Å². The molecule has 2 heterocycles. The fraction of sp³-hybridized carbons (Fsp3) is 0.500. The molecule has 3 nitrogen and oxygen atoms in total. The van der Waals surface area contributed by atoms with Crippen molar-refractivity contribution in [1.29, 1.82) is 0 Å². The van der Waals surface area contributed by atoms with Crippen molar-refractivity contribution in [3.63, 3.8) is 0 Å². The van der Waals surface area contributed by atoms with Crippen molar-refractivity contribution in [3.8, 4) is 0 Å². The average Bonchev–Trinajstić information content (AvgIpc) is 2.56. The Morgan fingerprint density at radius 2 is 1.67 bits per heavy atom. The topological polar surface area (TPSA) is 38.9 Å². The largest absolute Gasteiger partial charge is 0.441 e. The highest BCUT2D eigenvalue weighted by Gasteiger charge is 2.20. The third kappa shape index (κ3) is 1.62. The van der Waals surface area contributed by atoms with E-state index in [1.54, 1.807) is 12.4 Å². The van der Waals surface area contributed by atoms with Crippen LogP contribution in [0.25, 0.3) is 11.2 Å². The second-order valence-corrected chi connectivity index (χ2v) is 4.40. The monoisotopic (exact) mass is 204 g/mol. The smallest absolute Gasteiger partial charge is 0.245 e. The first kappa shape index (κ1) is 10.1. The molecule has 0 saturated carbocycles. The maximum atomic E-state index is 5.75. The van der Waals surface area contributed by atoms with Crippen molar-refractivity contribution in [3.05, 3.63) is 23.7 Å². The molecule has 0 saturated heterocycles. The van der Waals surface area contributed by atoms with Crippen molar-refractivity contribution in [2.24, 2.45) is 0 Å². The Kier molecular flexibility index (Phi) is 2.47. The first-order valence-corrected chi connectivity index (χ1v) is 5.34. The standard InChI is InChI=1S/C12H16N2O/c1-7(2)9-10-12(14-6-5-13-10)15-11(9)8(3)4/h5-8H,1-4H3. The van der Waals surface area contributed by atoms with Gasteiger partial charge in [-0.1, -0.05) is 27.7 Å². The molecule has 0 aliphatic rings. The van der Waals surface area contributed by atoms with Crippen LogP contribution in [0, 0.1) is 0 Å². The summed E-state index contributed by atoms with van der Waals surface area (Å²) in [4.78, 5) is 8.55. The molecule has 3 heteroatoms. The quantitative estimate of drug-likeness (QED) is 0.751. The van der Waals surface area contributed by atoms with Gasteiger partial charge in [-0.3, -0.25) is 0 Å². The molecule has 0 aliphatic heterocycles. The molecule has 0 spiro atoms. The lowest BCUT2D eigenvalue weighted by Gasteiger charge is -2.07. The first-order chi connectivity index (χ1) is 7.11. The number of aromatic nitrogens is 2. The van der Waals surface area contributed by atoms with E-state index >= 15 is 0 Å². The molecule has 2 aromatic rings. The Balaban J connectivity index is 2.75. The SMILES string of the molecule is CC(C)c1oc2nccnc2c1C(C)C. The van der Waals surface area contributed by atoms with Gasteiger partial charge in [-0.2, -0.15) is 0 Å². The van der Waals surface area contributed by atoms with E-state index in [1.165, 1.54) is 5.56 Å². The lowest BCUT2D eigenvalue weighted by Crippen LogP contribution is -1.95. The molecule has 0 atom stereocenters. The highest BCUT2D eigenvalue weighted by molar-refractivity contribution is 5.74. The van der Waals surface area contributed by atoms with E-state index < -0.39 is 0 Å². The van der Waals surface area contributed by atoms with Crippen molar-refractivity contribution in [2.45, 2.75) is 39.5 Å². The highest BCUT2D eigenvalue weighted by Crippen LogP contribution is 2.33. The molecule has 0 fully saturated rings. The molecular weight excluding hydrogens is 188 g/mol. The number of nitrogens with zero attached hydrogens (tertiary/aromatic N) is 2. The summed E-state index contributed by atoms with van der Waals surface area (Å²) in [5.41, 5.74) is 2.77. The molecule has 0 N–H and O–H groups in total. The Morgan fingerprint density at radius 1 is 1.00 bits per heavy atom. The van der Waals surface area contributed by atoms with Gasteiger partial charge in [0.15, 0.2) is 0 Å². The van der Waals surface area contributed by atoms with Gasteiger partial charge in [0.1, 0.15) is 11.3 Å². The fourth-order valence-corrected chi connectivity index (χ4v) is 1.85. The maximum Gasteiger partial charge on any atom is 0.245 e. The summed E-state index contributed by atoms with van der Waals surface area (Å²) in [5, 5.41) is 0. The Labute approximate surface area is 89.5 Å². The van der Waals surface area contributed by atoms with Gasteiger partial charge in [0.05, 0.1) is 0 Å². The van der Waals surface area contributed by atoms with E-state index in [9.17, 15) is 0 Å². The average molecular weight is 204 g/mol. The van der Waals surface area contributed by atoms with E-state index in [0.29, 0.717) is 17.5 Å². The first-order valence-electron chi connectivity index (χ1n) is 5.34. The Hall–Kier alpha value is -1.38. The van der Waals surface area contributed by atoms with Gasteiger partial charge in [0, 0.05) is 23.9 Å². The number of hydrogen-bond acceptors (Lipinski definition) is 3. The Bertz CT molecular complexity index is 471. The molecule has 0 aliphatic carbocycles. The van der Waals surface area contributed by atoms with Crippen LogP contribution in [0.15, 0.2) is 16.8 Å². The number of rotatable bonds is 2. The second kappa shape index (κ2) is 3.65. The maximum absolute atomic E-state index is 5.75. The van der Waals surface area contributed by atoms with E-state index in [-0.39, 0.29) is 0 Å². The summed E-state index contributed by atoms with van der Waals surface area (Å²) >= 11 is 0. The lowest BCUT2D eigenvalue weighted by atomic mass is 9.97. The summed E-state index contributed by atoms with van der Waals surface area (Å²) in [5.74, 6) is 1.81. The number of hydrogen-bond donors (Lipinski definition) is 0. The van der Waals surface area contributed by atoms with Gasteiger partial charge in [0.25, 0.3) is 0 Å². The highest BCUT2D eigenvalue weighted by atomic mass is 16.3. The van der Waals surface area contributed by atoms with E-state index in [1.807, 2.05) is 0 Å². The van der Waals surface area contributed by atoms with Crippen molar-refractivity contribution in [2.75, 3.05) is 0 Å². The zero-order valence-corrected chi connectivity index (χ0v) is 9.61. The minimum atomic E-state index is 0.374. The molecule has 0 amide bonds. The van der Waals surface area contributed by atoms with Gasteiger partial charge >= 0.3 is 0 Å². The molecule has 0 radical (unpaired) electrons. The fourth-order valence-electron chi connectivity index (χ4n) is 1.85. The van der Waals surface area contributed by atoms with Crippen LogP contribution in [-0.2, 0) is 0 Å². The third-order valence-corrected chi connectivity index (χ3v) is 2.49. The van der Waals surface area contributed by atoms with Crippen molar-refractivity contribution in [1.82, 2.24) is 9.97 Å². The summed E-state index contributed by atoms with van der Waals surface area (Å²) < 4.78 is 5.75. The van der Waals surface area contributed by atoms with Crippen LogP contribution < -0.4 is 0 Å². The van der Waals surface area contributed by atoms with Crippen LogP contribution in [0.5, 0.6) is 0 Å². The van der Waals surface area contributed by atoms with Gasteiger partial charge in [-0.15, -0.1) is 0 Å². The lowest BCUT2D eigenvalue weighted by molar-refractivity contribution is 0.504. The van der Waals surface area contributed by atoms with Crippen LogP contribution in [0.4, 0.5) is 0 Å². The number of furan rings is 1. The van der Waals surface area contributed by atoms with Gasteiger partial charge in [-0.25, -0.2) is 9.97 Å². The van der Waals surface area contributed by atoms with Gasteiger partial charge in [-0.05, 0) is 5.92 Å². The zero-order valence-electron chi connectivity index (χ0n) is 9.61. The second-order valence-electron chi connectivity index (χ2n) is 4.40. The van der Waals surface area contributed by atoms with Crippen LogP contribution >= 0.6 is 0 Å². The van der Waals surface area contributed by atoms with Crippen molar-refractivity contribution < 1.29 is 4.42 Å². The van der Waals surface area contributed by atoms with Crippen LogP contribution in [-0.4, -0.2) is 9.97 Å². The predicted molar refractivity (Wildman–Crippen MR) is 60.0 cm³/mol.